The average Bonchev–Trinajstić information content (AvgIpc) is 1.88. The Labute approximate surface area is 59.3 Å². The molecule has 0 aliphatic heterocycles. The summed E-state index contributed by atoms with van der Waals surface area (Å²) >= 11 is 0. The largest absolute Gasteiger partial charge is 0.488 e. The van der Waals surface area contributed by atoms with Crippen molar-refractivity contribution in [2.45, 2.75) is 0 Å². The molecule has 3 nitrogen and oxygen atoms in total. The summed E-state index contributed by atoms with van der Waals surface area (Å²) in [5.41, 5.74) is 7.74. The maximum Gasteiger partial charge on any atom is 0.488 e. The fraction of sp³-hybridized carbons (Fsp3) is 0. The molecule has 0 heterocycles. The lowest BCUT2D eigenvalue weighted by Gasteiger charge is -1.97. The summed E-state index contributed by atoms with van der Waals surface area (Å²) in [7, 11) is -1.47. The van der Waals surface area contributed by atoms with E-state index in [4.69, 9.17) is 15.8 Å². The van der Waals surface area contributed by atoms with Crippen molar-refractivity contribution < 1.29 is 10.0 Å². The summed E-state index contributed by atoms with van der Waals surface area (Å²) < 4.78 is 0. The molecule has 0 saturated carbocycles. The lowest BCUT2D eigenvalue weighted by atomic mass is 9.80. The van der Waals surface area contributed by atoms with Crippen LogP contribution in [0, 0.1) is 0 Å². The predicted octanol–water partition coefficient (Wildman–Crippen LogP) is -0.719. The Morgan fingerprint density at radius 3 is 2.40 bits per heavy atom. The SMILES string of the molecule is [NH]c1cccc(B(O)O)c1. The molecule has 0 saturated heterocycles. The van der Waals surface area contributed by atoms with Crippen molar-refractivity contribution in [3.05, 3.63) is 24.3 Å². The fourth-order valence-electron chi connectivity index (χ4n) is 0.699. The van der Waals surface area contributed by atoms with Gasteiger partial charge in [-0.05, 0) is 17.6 Å². The van der Waals surface area contributed by atoms with E-state index in [2.05, 4.69) is 0 Å². The molecular weight excluding hydrogens is 129 g/mol. The first kappa shape index (κ1) is 7.12. The minimum Gasteiger partial charge on any atom is -0.423 e. The Morgan fingerprint density at radius 2 is 2.00 bits per heavy atom. The zero-order chi connectivity index (χ0) is 7.56. The molecule has 0 unspecified atom stereocenters. The first-order valence-corrected chi connectivity index (χ1v) is 2.88. The Morgan fingerprint density at radius 1 is 1.30 bits per heavy atom. The summed E-state index contributed by atoms with van der Waals surface area (Å²) in [6.07, 6.45) is 0. The van der Waals surface area contributed by atoms with E-state index in [0.717, 1.165) is 0 Å². The first-order valence-electron chi connectivity index (χ1n) is 2.88. The van der Waals surface area contributed by atoms with Gasteiger partial charge in [0.1, 0.15) is 0 Å². The summed E-state index contributed by atoms with van der Waals surface area (Å²) in [5, 5.41) is 17.2. The van der Waals surface area contributed by atoms with E-state index in [9.17, 15) is 0 Å². The molecule has 1 radical (unpaired) electrons. The van der Waals surface area contributed by atoms with Crippen LogP contribution >= 0.6 is 0 Å². The van der Waals surface area contributed by atoms with Gasteiger partial charge in [0.05, 0.1) is 5.69 Å². The third kappa shape index (κ3) is 1.49. The summed E-state index contributed by atoms with van der Waals surface area (Å²) in [6.45, 7) is 0. The molecule has 0 amide bonds. The monoisotopic (exact) mass is 136 g/mol. The van der Waals surface area contributed by atoms with Crippen LogP contribution in [0.1, 0.15) is 0 Å². The highest BCUT2D eigenvalue weighted by molar-refractivity contribution is 6.58. The van der Waals surface area contributed by atoms with E-state index in [1.165, 1.54) is 6.07 Å². The maximum absolute atomic E-state index is 8.62. The molecule has 0 fully saturated rings. The Kier molecular flexibility index (Phi) is 1.94. The van der Waals surface area contributed by atoms with Gasteiger partial charge < -0.3 is 15.8 Å². The standard InChI is InChI=1S/C6H7BNO2/c8-6-3-1-2-5(4-6)7(9)10/h1-4,8-10H. The molecule has 0 bridgehead atoms. The van der Waals surface area contributed by atoms with Crippen molar-refractivity contribution in [2.75, 3.05) is 0 Å². The molecule has 3 N–H and O–H groups in total. The summed E-state index contributed by atoms with van der Waals surface area (Å²) in [4.78, 5) is 0. The van der Waals surface area contributed by atoms with Gasteiger partial charge in [-0.1, -0.05) is 12.1 Å². The summed E-state index contributed by atoms with van der Waals surface area (Å²) in [6, 6.07) is 6.15. The minimum atomic E-state index is -1.47. The van der Waals surface area contributed by atoms with Gasteiger partial charge in [-0.15, -0.1) is 0 Å². The third-order valence-corrected chi connectivity index (χ3v) is 1.18. The molecule has 0 aliphatic rings. The van der Waals surface area contributed by atoms with Crippen LogP contribution in [0.3, 0.4) is 0 Å². The van der Waals surface area contributed by atoms with Gasteiger partial charge in [0.2, 0.25) is 0 Å². The van der Waals surface area contributed by atoms with Crippen molar-refractivity contribution in [1.82, 2.24) is 5.73 Å². The highest BCUT2D eigenvalue weighted by Gasteiger charge is 2.09. The Bertz CT molecular complexity index is 227. The third-order valence-electron chi connectivity index (χ3n) is 1.18. The highest BCUT2D eigenvalue weighted by Crippen LogP contribution is 1.98. The van der Waals surface area contributed by atoms with Gasteiger partial charge in [0.15, 0.2) is 0 Å². The highest BCUT2D eigenvalue weighted by atomic mass is 16.4. The number of hydrogen-bond acceptors (Lipinski definition) is 2. The second kappa shape index (κ2) is 2.73. The van der Waals surface area contributed by atoms with E-state index in [0.29, 0.717) is 5.46 Å². The number of nitrogens with one attached hydrogen (secondary N) is 1. The molecule has 0 aliphatic carbocycles. The molecule has 1 rings (SSSR count). The van der Waals surface area contributed by atoms with Gasteiger partial charge >= 0.3 is 7.12 Å². The number of benzene rings is 1. The predicted molar refractivity (Wildman–Crippen MR) is 39.0 cm³/mol. The van der Waals surface area contributed by atoms with Gasteiger partial charge in [0.25, 0.3) is 0 Å². The van der Waals surface area contributed by atoms with E-state index >= 15 is 0 Å². The molecule has 10 heavy (non-hydrogen) atoms. The zero-order valence-corrected chi connectivity index (χ0v) is 5.28. The van der Waals surface area contributed by atoms with Crippen LogP contribution in [0.5, 0.6) is 0 Å². The molecular formula is C6H7BNO2. The van der Waals surface area contributed by atoms with Crippen molar-refractivity contribution in [2.24, 2.45) is 0 Å². The van der Waals surface area contributed by atoms with Crippen molar-refractivity contribution in [3.63, 3.8) is 0 Å². The van der Waals surface area contributed by atoms with E-state index in [1.54, 1.807) is 18.2 Å². The van der Waals surface area contributed by atoms with Crippen LogP contribution in [0.2, 0.25) is 0 Å². The minimum absolute atomic E-state index is 0.283. The van der Waals surface area contributed by atoms with Gasteiger partial charge in [-0.3, -0.25) is 0 Å². The normalized spacial score (nSPS) is 9.40. The van der Waals surface area contributed by atoms with Crippen molar-refractivity contribution >= 4 is 18.3 Å². The van der Waals surface area contributed by atoms with Gasteiger partial charge in [-0.25, -0.2) is 0 Å². The Hall–Kier alpha value is -0.995. The van der Waals surface area contributed by atoms with E-state index in [1.807, 2.05) is 0 Å². The lowest BCUT2D eigenvalue weighted by molar-refractivity contribution is 0.426. The molecule has 51 valence electrons. The number of rotatable bonds is 1. The van der Waals surface area contributed by atoms with Crippen LogP contribution in [-0.4, -0.2) is 17.2 Å². The summed E-state index contributed by atoms with van der Waals surface area (Å²) in [5.74, 6) is 0. The van der Waals surface area contributed by atoms with Gasteiger partial charge in [0, 0.05) is 0 Å². The van der Waals surface area contributed by atoms with Crippen LogP contribution in [0.25, 0.3) is 0 Å². The molecule has 0 aromatic heterocycles. The second-order valence-corrected chi connectivity index (χ2v) is 2.00. The van der Waals surface area contributed by atoms with Gasteiger partial charge in [-0.2, -0.15) is 0 Å². The fourth-order valence-corrected chi connectivity index (χ4v) is 0.699. The Balaban J connectivity index is 2.96. The molecule has 0 atom stereocenters. The smallest absolute Gasteiger partial charge is 0.423 e. The quantitative estimate of drug-likeness (QED) is 0.500. The van der Waals surface area contributed by atoms with Crippen LogP contribution in [-0.2, 0) is 0 Å². The topological polar surface area (TPSA) is 64.3 Å². The molecule has 1 aromatic rings. The van der Waals surface area contributed by atoms with Crippen LogP contribution in [0.4, 0.5) is 5.69 Å². The zero-order valence-electron chi connectivity index (χ0n) is 5.28. The van der Waals surface area contributed by atoms with E-state index < -0.39 is 7.12 Å². The molecule has 4 heteroatoms. The van der Waals surface area contributed by atoms with Crippen LogP contribution in [0.15, 0.2) is 24.3 Å². The molecule has 0 spiro atoms. The maximum atomic E-state index is 8.62. The second-order valence-electron chi connectivity index (χ2n) is 2.00. The first-order chi connectivity index (χ1) is 4.70. The molecule has 1 aromatic carbocycles. The van der Waals surface area contributed by atoms with Crippen LogP contribution < -0.4 is 11.2 Å². The van der Waals surface area contributed by atoms with Crippen molar-refractivity contribution in [3.8, 4) is 0 Å². The van der Waals surface area contributed by atoms with E-state index in [-0.39, 0.29) is 5.69 Å². The van der Waals surface area contributed by atoms with Crippen molar-refractivity contribution in [1.29, 1.82) is 0 Å². The average molecular weight is 136 g/mol. The number of hydrogen-bond donors (Lipinski definition) is 2. The lowest BCUT2D eigenvalue weighted by Crippen LogP contribution is -2.29.